The fraction of sp³-hybridized carbons (Fsp3) is 0.545. The molecular weight excluding hydrogens is 1020 g/mol. The van der Waals surface area contributed by atoms with Crippen molar-refractivity contribution in [2.45, 2.75) is 135 Å². The predicted molar refractivity (Wildman–Crippen MR) is 251 cm³/mol. The van der Waals surface area contributed by atoms with Gasteiger partial charge >= 0.3 is 36.2 Å². The van der Waals surface area contributed by atoms with Gasteiger partial charge in [0.1, 0.15) is 0 Å². The molecule has 2 aromatic carbocycles. The van der Waals surface area contributed by atoms with Crippen LogP contribution < -0.4 is 9.80 Å². The van der Waals surface area contributed by atoms with Crippen LogP contribution in [0, 0.1) is 0 Å². The van der Waals surface area contributed by atoms with Gasteiger partial charge in [-0.2, -0.15) is 36.8 Å². The van der Waals surface area contributed by atoms with Gasteiger partial charge in [-0.05, 0) is 137 Å². The Hall–Kier alpha value is -4.94. The minimum atomic E-state index is -5.08. The molecule has 0 spiro atoms. The molecule has 4 heterocycles. The lowest BCUT2D eigenvalue weighted by Crippen LogP contribution is -2.29. The van der Waals surface area contributed by atoms with E-state index in [2.05, 4.69) is 77.0 Å². The lowest BCUT2D eigenvalue weighted by Gasteiger charge is -2.31. The van der Waals surface area contributed by atoms with Crippen LogP contribution in [0.25, 0.3) is 0 Å². The van der Waals surface area contributed by atoms with Gasteiger partial charge in [0.15, 0.2) is 10.1 Å². The highest BCUT2D eigenvalue weighted by molar-refractivity contribution is 8.00. The molecule has 26 heteroatoms. The van der Waals surface area contributed by atoms with E-state index in [0.29, 0.717) is 32.4 Å². The van der Waals surface area contributed by atoms with Gasteiger partial charge in [-0.15, -0.1) is 20.4 Å². The van der Waals surface area contributed by atoms with Gasteiger partial charge in [-0.25, -0.2) is 19.2 Å². The number of piperidine rings is 2. The van der Waals surface area contributed by atoms with Crippen LogP contribution in [0.3, 0.4) is 0 Å². The normalized spacial score (nSPS) is 20.6. The van der Waals surface area contributed by atoms with Gasteiger partial charge < -0.3 is 30.2 Å². The summed E-state index contributed by atoms with van der Waals surface area (Å²) in [5, 5.41) is 56.3. The van der Waals surface area contributed by atoms with E-state index < -0.39 is 36.2 Å². The number of halogens is 8. The first-order chi connectivity index (χ1) is 33.1. The highest BCUT2D eigenvalue weighted by Gasteiger charge is 2.39. The number of benzene rings is 2. The van der Waals surface area contributed by atoms with Crippen LogP contribution in [-0.2, 0) is 9.59 Å². The number of hydrogen-bond donors (Lipinski definition) is 6. The summed E-state index contributed by atoms with van der Waals surface area (Å²) in [6.07, 6.45) is 5.90. The second-order valence-corrected chi connectivity index (χ2v) is 20.3. The number of rotatable bonds is 10. The number of H-pyrrole nitrogens is 2. The molecule has 6 N–H and O–H groups in total. The molecule has 0 radical (unpaired) electrons. The highest BCUT2D eigenvalue weighted by atomic mass is 35.5. The van der Waals surface area contributed by atoms with Crippen molar-refractivity contribution in [3.05, 3.63) is 69.0 Å². The summed E-state index contributed by atoms with van der Waals surface area (Å²) in [6.45, 7) is 4.40. The first kappa shape index (κ1) is 56.0. The maximum atomic E-state index is 11.2. The van der Waals surface area contributed by atoms with Crippen LogP contribution in [0.15, 0.2) is 46.5 Å². The predicted octanol–water partition coefficient (Wildman–Crippen LogP) is 11.2. The molecule has 4 aromatic rings. The second-order valence-electron chi connectivity index (χ2n) is 16.9. The molecular formula is C44H52Cl2F6N8O8S2. The number of nitrogens with zero attached hydrogens (tertiary/aromatic N) is 6. The number of carboxylic acid groups (broad SMARTS) is 4. The number of alkyl halides is 6. The molecule has 0 unspecified atom stereocenters. The largest absolute Gasteiger partial charge is 0.490 e. The van der Waals surface area contributed by atoms with Crippen molar-refractivity contribution in [3.8, 4) is 0 Å². The smallest absolute Gasteiger partial charge is 0.476 e. The minimum absolute atomic E-state index is 0.0206. The molecule has 0 bridgehead atoms. The van der Waals surface area contributed by atoms with Crippen molar-refractivity contribution in [2.75, 3.05) is 36.0 Å². The Balaban J connectivity index is 0.000000206. The van der Waals surface area contributed by atoms with Gasteiger partial charge in [-0.3, -0.25) is 0 Å². The summed E-state index contributed by atoms with van der Waals surface area (Å²) in [5.41, 5.74) is 5.02. The Morgan fingerprint density at radius 3 is 1.11 bits per heavy atom. The number of aliphatic carboxylic acids is 2. The maximum Gasteiger partial charge on any atom is 0.490 e. The van der Waals surface area contributed by atoms with E-state index >= 15 is 0 Å². The quantitative estimate of drug-likeness (QED) is 0.0810. The van der Waals surface area contributed by atoms with Crippen molar-refractivity contribution in [2.24, 2.45) is 0 Å². The zero-order valence-electron chi connectivity index (χ0n) is 37.4. The molecule has 4 fully saturated rings. The van der Waals surface area contributed by atoms with Crippen LogP contribution in [-0.4, -0.2) is 124 Å². The summed E-state index contributed by atoms with van der Waals surface area (Å²) in [6, 6.07) is 13.2. The van der Waals surface area contributed by atoms with Crippen LogP contribution in [0.2, 0.25) is 10.0 Å². The fourth-order valence-electron chi connectivity index (χ4n) is 8.57. The zero-order chi connectivity index (χ0) is 51.2. The molecule has 2 aliphatic heterocycles. The number of hydrogen-bond acceptors (Lipinski definition) is 12. The first-order valence-electron chi connectivity index (χ1n) is 22.4. The lowest BCUT2D eigenvalue weighted by atomic mass is 9.84. The topological polar surface area (TPSA) is 239 Å². The third-order valence-electron chi connectivity index (χ3n) is 12.1. The number of carbonyl (C=O) groups is 4. The molecule has 0 amide bonds. The van der Waals surface area contributed by atoms with Gasteiger partial charge in [-0.1, -0.05) is 58.9 Å². The molecule has 0 atom stereocenters. The standard InChI is InChI=1S/2C20H25ClN4O2S.2C2HF3O2/c2*21-16-12-14(6-9-17(16)25-10-2-1-3-11-25)13-4-7-15(8-5-13)28-19-18(20(26)27)22-24-23-19;2*3-2(4,5)1(6)7/h2*6,9,12-13,15H,1-5,7-8,10-11H2,(H,26,27)(H,22,23,24);2*(H,6,7). The molecule has 2 aliphatic carbocycles. The monoisotopic (exact) mass is 1070 g/mol. The number of anilines is 2. The molecule has 2 saturated heterocycles. The molecule has 4 aliphatic rings. The van der Waals surface area contributed by atoms with E-state index in [9.17, 15) is 35.9 Å². The van der Waals surface area contributed by atoms with E-state index in [1.807, 2.05) is 0 Å². The Kier molecular flexibility index (Phi) is 20.8. The van der Waals surface area contributed by atoms with E-state index in [-0.39, 0.29) is 11.4 Å². The summed E-state index contributed by atoms with van der Waals surface area (Å²) in [7, 11) is 0. The Bertz CT molecular complexity index is 2210. The van der Waals surface area contributed by atoms with Crippen molar-refractivity contribution < 1.29 is 65.9 Å². The van der Waals surface area contributed by atoms with E-state index in [0.717, 1.165) is 87.6 Å². The zero-order valence-corrected chi connectivity index (χ0v) is 40.6. The minimum Gasteiger partial charge on any atom is -0.476 e. The number of thioether (sulfide) groups is 2. The van der Waals surface area contributed by atoms with E-state index in [4.69, 9.17) is 53.2 Å². The van der Waals surface area contributed by atoms with Crippen molar-refractivity contribution in [3.63, 3.8) is 0 Å². The van der Waals surface area contributed by atoms with Gasteiger partial charge in [0.25, 0.3) is 0 Å². The molecule has 2 aromatic heterocycles. The van der Waals surface area contributed by atoms with Crippen molar-refractivity contribution in [1.82, 2.24) is 30.8 Å². The molecule has 384 valence electrons. The third-order valence-corrected chi connectivity index (χ3v) is 15.3. The van der Waals surface area contributed by atoms with Crippen LogP contribution in [0.4, 0.5) is 37.7 Å². The molecule has 16 nitrogen and oxygen atoms in total. The Morgan fingerprint density at radius 1 is 0.529 bits per heavy atom. The van der Waals surface area contributed by atoms with Crippen LogP contribution in [0.5, 0.6) is 0 Å². The van der Waals surface area contributed by atoms with E-state index in [1.165, 1.54) is 84.6 Å². The van der Waals surface area contributed by atoms with E-state index in [1.54, 1.807) is 0 Å². The molecule has 70 heavy (non-hydrogen) atoms. The second kappa shape index (κ2) is 26.0. The summed E-state index contributed by atoms with van der Waals surface area (Å²) < 4.78 is 63.5. The summed E-state index contributed by atoms with van der Waals surface area (Å²) in [4.78, 5) is 45.0. The third kappa shape index (κ3) is 16.6. The number of carboxylic acids is 4. The lowest BCUT2D eigenvalue weighted by molar-refractivity contribution is -0.193. The van der Waals surface area contributed by atoms with Crippen LogP contribution in [0.1, 0.15) is 134 Å². The average Bonchev–Trinajstić information content (AvgIpc) is 4.00. The Morgan fingerprint density at radius 2 is 0.843 bits per heavy atom. The SMILES string of the molecule is O=C(O)C(F)(F)F.O=C(O)C(F)(F)F.O=C(O)c1n[nH]nc1SC1CCC(c2ccc(N3CCCCC3)c(Cl)c2)CC1.O=C(O)c1n[nH]nc1SC1CCC(c2ccc(N3CCCCC3)c(Cl)c2)CC1. The maximum absolute atomic E-state index is 11.2. The number of aromatic amines is 2. The number of aromatic carboxylic acids is 2. The summed E-state index contributed by atoms with van der Waals surface area (Å²) >= 11 is 16.3. The van der Waals surface area contributed by atoms with Gasteiger partial charge in [0.2, 0.25) is 11.4 Å². The number of nitrogens with one attached hydrogen (secondary N) is 2. The van der Waals surface area contributed by atoms with Crippen molar-refractivity contribution in [1.29, 1.82) is 0 Å². The van der Waals surface area contributed by atoms with Crippen LogP contribution >= 0.6 is 46.7 Å². The van der Waals surface area contributed by atoms with Gasteiger partial charge in [0.05, 0.1) is 21.4 Å². The highest BCUT2D eigenvalue weighted by Crippen LogP contribution is 2.43. The fourth-order valence-corrected chi connectivity index (χ4v) is 11.5. The number of aromatic nitrogens is 6. The Labute approximate surface area is 416 Å². The van der Waals surface area contributed by atoms with Gasteiger partial charge in [0, 0.05) is 36.7 Å². The molecule has 8 rings (SSSR count). The summed E-state index contributed by atoms with van der Waals surface area (Å²) in [5.74, 6) is -6.55. The average molecular weight is 1070 g/mol. The van der Waals surface area contributed by atoms with Crippen molar-refractivity contribution >= 4 is 82.0 Å². The first-order valence-corrected chi connectivity index (χ1v) is 24.9. The molecule has 2 saturated carbocycles.